The lowest BCUT2D eigenvalue weighted by molar-refractivity contribution is 0.0951. The molecule has 2 heterocycles. The maximum atomic E-state index is 12.3. The number of aromatic nitrogens is 2. The number of hydrogen-bond donors (Lipinski definition) is 2. The summed E-state index contributed by atoms with van der Waals surface area (Å²) >= 11 is 0. The summed E-state index contributed by atoms with van der Waals surface area (Å²) in [5, 5.41) is 6.17. The number of pyridine rings is 2. The van der Waals surface area contributed by atoms with E-state index in [0.29, 0.717) is 12.1 Å². The average molecular weight is 284 g/mol. The van der Waals surface area contributed by atoms with E-state index >= 15 is 0 Å². The van der Waals surface area contributed by atoms with Gasteiger partial charge in [0.05, 0.1) is 11.3 Å². The number of amides is 1. The first-order chi connectivity index (χ1) is 10.2. The van der Waals surface area contributed by atoms with Crippen molar-refractivity contribution < 1.29 is 4.79 Å². The zero-order valence-electron chi connectivity index (χ0n) is 12.4. The van der Waals surface area contributed by atoms with E-state index in [1.165, 1.54) is 0 Å². The van der Waals surface area contributed by atoms with E-state index < -0.39 is 0 Å². The molecule has 0 aliphatic heterocycles. The molecule has 0 fully saturated rings. The molecule has 110 valence electrons. The minimum Gasteiger partial charge on any atom is -0.384 e. The van der Waals surface area contributed by atoms with Gasteiger partial charge in [-0.25, -0.2) is 0 Å². The van der Waals surface area contributed by atoms with E-state index in [4.69, 9.17) is 0 Å². The van der Waals surface area contributed by atoms with Crippen molar-refractivity contribution in [3.05, 3.63) is 53.6 Å². The van der Waals surface area contributed by atoms with Gasteiger partial charge in [-0.15, -0.1) is 0 Å². The first kappa shape index (κ1) is 15.0. The van der Waals surface area contributed by atoms with Gasteiger partial charge >= 0.3 is 0 Å². The van der Waals surface area contributed by atoms with Gasteiger partial charge in [-0.1, -0.05) is 6.92 Å². The molecule has 0 saturated carbocycles. The molecule has 5 heteroatoms. The Hall–Kier alpha value is -2.43. The Labute approximate surface area is 124 Å². The molecule has 0 aliphatic rings. The Bertz CT molecular complexity index is 613. The quantitative estimate of drug-likeness (QED) is 0.855. The highest BCUT2D eigenvalue weighted by Gasteiger charge is 2.11. The van der Waals surface area contributed by atoms with Gasteiger partial charge in [0.1, 0.15) is 0 Å². The predicted molar refractivity (Wildman–Crippen MR) is 83.2 cm³/mol. The summed E-state index contributed by atoms with van der Waals surface area (Å²) < 4.78 is 0. The molecular formula is C16H20N4O. The van der Waals surface area contributed by atoms with Gasteiger partial charge in [0.25, 0.3) is 5.91 Å². The summed E-state index contributed by atoms with van der Waals surface area (Å²) in [7, 11) is 0. The second-order valence-corrected chi connectivity index (χ2v) is 4.83. The second kappa shape index (κ2) is 7.38. The molecule has 0 aliphatic carbocycles. The van der Waals surface area contributed by atoms with Crippen molar-refractivity contribution in [1.82, 2.24) is 15.3 Å². The van der Waals surface area contributed by atoms with E-state index in [1.807, 2.05) is 19.1 Å². The van der Waals surface area contributed by atoms with E-state index in [2.05, 4.69) is 27.5 Å². The Morgan fingerprint density at radius 3 is 2.71 bits per heavy atom. The van der Waals surface area contributed by atoms with Gasteiger partial charge in [-0.05, 0) is 36.6 Å². The van der Waals surface area contributed by atoms with Crippen molar-refractivity contribution in [3.8, 4) is 0 Å². The zero-order chi connectivity index (χ0) is 15.1. The van der Waals surface area contributed by atoms with E-state index in [9.17, 15) is 4.79 Å². The van der Waals surface area contributed by atoms with Crippen molar-refractivity contribution in [3.63, 3.8) is 0 Å². The molecule has 2 aromatic rings. The zero-order valence-corrected chi connectivity index (χ0v) is 12.4. The SMILES string of the molecule is CCCNc1ccncc1C(=O)NCc1ccncc1C. The molecule has 1 amide bonds. The molecule has 0 radical (unpaired) electrons. The summed E-state index contributed by atoms with van der Waals surface area (Å²) in [6.07, 6.45) is 7.79. The third-order valence-electron chi connectivity index (χ3n) is 3.21. The summed E-state index contributed by atoms with van der Waals surface area (Å²) in [5.74, 6) is -0.127. The molecule has 2 aromatic heterocycles. The summed E-state index contributed by atoms with van der Waals surface area (Å²) in [4.78, 5) is 20.4. The lowest BCUT2D eigenvalue weighted by atomic mass is 10.1. The molecule has 2 rings (SSSR count). The molecule has 0 saturated heterocycles. The van der Waals surface area contributed by atoms with Crippen LogP contribution in [0, 0.1) is 6.92 Å². The minimum absolute atomic E-state index is 0.127. The van der Waals surface area contributed by atoms with Gasteiger partial charge in [0.15, 0.2) is 0 Å². The number of hydrogen-bond acceptors (Lipinski definition) is 4. The van der Waals surface area contributed by atoms with Crippen LogP contribution < -0.4 is 10.6 Å². The smallest absolute Gasteiger partial charge is 0.255 e. The Balaban J connectivity index is 2.05. The second-order valence-electron chi connectivity index (χ2n) is 4.83. The maximum absolute atomic E-state index is 12.3. The number of carbonyl (C=O) groups excluding carboxylic acids is 1. The fourth-order valence-corrected chi connectivity index (χ4v) is 1.96. The van der Waals surface area contributed by atoms with Gasteiger partial charge in [0.2, 0.25) is 0 Å². The predicted octanol–water partition coefficient (Wildman–Crippen LogP) is 2.54. The third kappa shape index (κ3) is 4.02. The van der Waals surface area contributed by atoms with Gasteiger partial charge in [-0.2, -0.15) is 0 Å². The molecular weight excluding hydrogens is 264 g/mol. The van der Waals surface area contributed by atoms with Crippen molar-refractivity contribution in [2.24, 2.45) is 0 Å². The van der Waals surface area contributed by atoms with Crippen LogP contribution in [0.3, 0.4) is 0 Å². The molecule has 2 N–H and O–H groups in total. The highest BCUT2D eigenvalue weighted by Crippen LogP contribution is 2.14. The van der Waals surface area contributed by atoms with E-state index in [0.717, 1.165) is 29.8 Å². The van der Waals surface area contributed by atoms with Crippen LogP contribution in [0.4, 0.5) is 5.69 Å². The monoisotopic (exact) mass is 284 g/mol. The number of carbonyl (C=O) groups is 1. The minimum atomic E-state index is -0.127. The maximum Gasteiger partial charge on any atom is 0.255 e. The topological polar surface area (TPSA) is 66.9 Å². The van der Waals surface area contributed by atoms with Crippen LogP contribution in [0.25, 0.3) is 0 Å². The number of anilines is 1. The van der Waals surface area contributed by atoms with Crippen molar-refractivity contribution in [2.45, 2.75) is 26.8 Å². The molecule has 0 aromatic carbocycles. The summed E-state index contributed by atoms with van der Waals surface area (Å²) in [6, 6.07) is 3.73. The summed E-state index contributed by atoms with van der Waals surface area (Å²) in [6.45, 7) is 5.37. The standard InChI is InChI=1S/C16H20N4O/c1-3-6-19-15-5-8-18-11-14(15)16(21)20-10-13-4-7-17-9-12(13)2/h4-5,7-9,11H,3,6,10H2,1-2H3,(H,18,19)(H,20,21). The molecule has 0 bridgehead atoms. The molecule has 5 nitrogen and oxygen atoms in total. The number of aryl methyl sites for hydroxylation is 1. The Morgan fingerprint density at radius 2 is 1.95 bits per heavy atom. The fourth-order valence-electron chi connectivity index (χ4n) is 1.96. The lowest BCUT2D eigenvalue weighted by Crippen LogP contribution is -2.24. The van der Waals surface area contributed by atoms with Crippen LogP contribution in [-0.2, 0) is 6.54 Å². The summed E-state index contributed by atoms with van der Waals surface area (Å²) in [5.41, 5.74) is 3.51. The van der Waals surface area contributed by atoms with E-state index in [-0.39, 0.29) is 5.91 Å². The molecule has 21 heavy (non-hydrogen) atoms. The van der Waals surface area contributed by atoms with Crippen molar-refractivity contribution in [1.29, 1.82) is 0 Å². The largest absolute Gasteiger partial charge is 0.384 e. The van der Waals surface area contributed by atoms with Crippen LogP contribution in [-0.4, -0.2) is 22.4 Å². The van der Waals surface area contributed by atoms with Crippen LogP contribution >= 0.6 is 0 Å². The number of nitrogens with zero attached hydrogens (tertiary/aromatic N) is 2. The van der Waals surface area contributed by atoms with Gasteiger partial charge < -0.3 is 10.6 Å². The Kier molecular flexibility index (Phi) is 5.26. The number of rotatable bonds is 6. The first-order valence-electron chi connectivity index (χ1n) is 7.08. The molecule has 0 atom stereocenters. The highest BCUT2D eigenvalue weighted by atomic mass is 16.1. The lowest BCUT2D eigenvalue weighted by Gasteiger charge is -2.12. The number of nitrogens with one attached hydrogen (secondary N) is 2. The highest BCUT2D eigenvalue weighted by molar-refractivity contribution is 5.99. The van der Waals surface area contributed by atoms with E-state index in [1.54, 1.807) is 24.8 Å². The molecule has 0 unspecified atom stereocenters. The van der Waals surface area contributed by atoms with Gasteiger partial charge in [0, 0.05) is 37.9 Å². The van der Waals surface area contributed by atoms with Crippen LogP contribution in [0.15, 0.2) is 36.9 Å². The fraction of sp³-hybridized carbons (Fsp3) is 0.312. The normalized spacial score (nSPS) is 10.2. The van der Waals surface area contributed by atoms with Crippen molar-refractivity contribution in [2.75, 3.05) is 11.9 Å². The third-order valence-corrected chi connectivity index (χ3v) is 3.21. The van der Waals surface area contributed by atoms with Gasteiger partial charge in [-0.3, -0.25) is 14.8 Å². The van der Waals surface area contributed by atoms with Crippen molar-refractivity contribution >= 4 is 11.6 Å². The van der Waals surface area contributed by atoms with Crippen LogP contribution in [0.1, 0.15) is 34.8 Å². The average Bonchev–Trinajstić information content (AvgIpc) is 2.52. The van der Waals surface area contributed by atoms with Crippen LogP contribution in [0.2, 0.25) is 0 Å². The Morgan fingerprint density at radius 1 is 1.19 bits per heavy atom. The first-order valence-corrected chi connectivity index (χ1v) is 7.08. The van der Waals surface area contributed by atoms with Crippen LogP contribution in [0.5, 0.6) is 0 Å². The molecule has 0 spiro atoms.